The van der Waals surface area contributed by atoms with E-state index in [1.165, 1.54) is 21.8 Å². The number of nitrogens with zero attached hydrogens (tertiary/aromatic N) is 2. The predicted octanol–water partition coefficient (Wildman–Crippen LogP) is 3.76. The molecule has 2 aromatic rings. The first-order valence-corrected chi connectivity index (χ1v) is 7.97. The Morgan fingerprint density at radius 1 is 1.15 bits per heavy atom. The Labute approximate surface area is 125 Å². The minimum absolute atomic E-state index is 0.892. The van der Waals surface area contributed by atoms with Crippen LogP contribution in [0.5, 0.6) is 0 Å². The second kappa shape index (κ2) is 6.86. The van der Waals surface area contributed by atoms with Crippen molar-refractivity contribution < 1.29 is 0 Å². The van der Waals surface area contributed by atoms with E-state index in [1.807, 2.05) is 7.05 Å². The summed E-state index contributed by atoms with van der Waals surface area (Å²) in [4.78, 5) is 8.27. The highest BCUT2D eigenvalue weighted by atomic mass is 32.1. The molecule has 0 atom stereocenters. The van der Waals surface area contributed by atoms with Crippen molar-refractivity contribution in [3.63, 3.8) is 0 Å². The highest BCUT2D eigenvalue weighted by Gasteiger charge is 2.13. The van der Waals surface area contributed by atoms with Gasteiger partial charge in [0.2, 0.25) is 0 Å². The van der Waals surface area contributed by atoms with Gasteiger partial charge in [0.15, 0.2) is 5.13 Å². The molecular formula is C16H23N3S. The van der Waals surface area contributed by atoms with Gasteiger partial charge in [-0.2, -0.15) is 0 Å². The summed E-state index contributed by atoms with van der Waals surface area (Å²) in [6, 6.07) is 8.72. The van der Waals surface area contributed by atoms with E-state index in [-0.39, 0.29) is 0 Å². The van der Waals surface area contributed by atoms with Gasteiger partial charge in [0, 0.05) is 24.2 Å². The summed E-state index contributed by atoms with van der Waals surface area (Å²) in [6.45, 7) is 5.23. The van der Waals surface area contributed by atoms with Gasteiger partial charge < -0.3 is 10.2 Å². The van der Waals surface area contributed by atoms with Crippen molar-refractivity contribution in [3.8, 4) is 0 Å². The second-order valence-electron chi connectivity index (χ2n) is 4.83. The lowest BCUT2D eigenvalue weighted by molar-refractivity contribution is 0.814. The van der Waals surface area contributed by atoms with Gasteiger partial charge in [-0.1, -0.05) is 37.3 Å². The van der Waals surface area contributed by atoms with Crippen molar-refractivity contribution in [2.45, 2.75) is 33.2 Å². The Balaban J connectivity index is 2.25. The van der Waals surface area contributed by atoms with E-state index >= 15 is 0 Å². The monoisotopic (exact) mass is 289 g/mol. The fourth-order valence-corrected chi connectivity index (χ4v) is 3.30. The normalized spacial score (nSPS) is 10.8. The number of rotatable bonds is 6. The van der Waals surface area contributed by atoms with Gasteiger partial charge in [-0.3, -0.25) is 0 Å². The summed E-state index contributed by atoms with van der Waals surface area (Å²) in [5, 5.41) is 4.28. The third kappa shape index (κ3) is 3.19. The average molecular weight is 289 g/mol. The molecule has 0 amide bonds. The van der Waals surface area contributed by atoms with E-state index in [0.29, 0.717) is 0 Å². The molecular weight excluding hydrogens is 266 g/mol. The molecule has 20 heavy (non-hydrogen) atoms. The van der Waals surface area contributed by atoms with Crippen LogP contribution in [0.1, 0.15) is 30.0 Å². The molecule has 0 saturated heterocycles. The highest BCUT2D eigenvalue weighted by molar-refractivity contribution is 7.15. The number of thiazole rings is 1. The standard InChI is InChI=1S/C16H23N3S/c1-5-12-7-9-13(10-8-12)19(4)16-18-14(6-2)15(20-16)11-17-3/h7-10,17H,5-6,11H2,1-4H3. The minimum Gasteiger partial charge on any atom is -0.321 e. The Hall–Kier alpha value is -1.39. The van der Waals surface area contributed by atoms with Crippen LogP contribution in [0.25, 0.3) is 0 Å². The molecule has 0 bridgehead atoms. The number of aryl methyl sites for hydroxylation is 2. The lowest BCUT2D eigenvalue weighted by Gasteiger charge is -2.16. The first-order valence-electron chi connectivity index (χ1n) is 7.15. The number of anilines is 2. The van der Waals surface area contributed by atoms with Gasteiger partial charge >= 0.3 is 0 Å². The molecule has 3 nitrogen and oxygen atoms in total. The fraction of sp³-hybridized carbons (Fsp3) is 0.438. The van der Waals surface area contributed by atoms with Crippen LogP contribution in [0.4, 0.5) is 10.8 Å². The third-order valence-electron chi connectivity index (χ3n) is 3.46. The average Bonchev–Trinajstić information content (AvgIpc) is 2.90. The molecule has 1 aromatic heterocycles. The maximum absolute atomic E-state index is 4.77. The van der Waals surface area contributed by atoms with Crippen molar-refractivity contribution in [3.05, 3.63) is 40.4 Å². The van der Waals surface area contributed by atoms with Crippen LogP contribution in [0.15, 0.2) is 24.3 Å². The second-order valence-corrected chi connectivity index (χ2v) is 5.89. The summed E-state index contributed by atoms with van der Waals surface area (Å²) in [7, 11) is 4.06. The van der Waals surface area contributed by atoms with E-state index in [2.05, 4.69) is 55.4 Å². The Kier molecular flexibility index (Phi) is 5.15. The molecule has 0 unspecified atom stereocenters. The van der Waals surface area contributed by atoms with Crippen LogP contribution in [0.2, 0.25) is 0 Å². The summed E-state index contributed by atoms with van der Waals surface area (Å²) in [5.41, 5.74) is 3.76. The SMILES string of the molecule is CCc1ccc(N(C)c2nc(CC)c(CNC)s2)cc1. The maximum atomic E-state index is 4.77. The van der Waals surface area contributed by atoms with E-state index in [4.69, 9.17) is 4.98 Å². The lowest BCUT2D eigenvalue weighted by Crippen LogP contribution is -2.09. The quantitative estimate of drug-likeness (QED) is 0.877. The number of aromatic nitrogens is 1. The van der Waals surface area contributed by atoms with Crippen LogP contribution < -0.4 is 10.2 Å². The molecule has 2 rings (SSSR count). The third-order valence-corrected chi connectivity index (χ3v) is 4.63. The molecule has 0 saturated carbocycles. The zero-order chi connectivity index (χ0) is 14.5. The van der Waals surface area contributed by atoms with Gasteiger partial charge in [-0.05, 0) is 37.6 Å². The van der Waals surface area contributed by atoms with Crippen LogP contribution in [0.3, 0.4) is 0 Å². The topological polar surface area (TPSA) is 28.2 Å². The Morgan fingerprint density at radius 3 is 2.40 bits per heavy atom. The van der Waals surface area contributed by atoms with Crippen LogP contribution in [0, 0.1) is 0 Å². The lowest BCUT2D eigenvalue weighted by atomic mass is 10.1. The summed E-state index contributed by atoms with van der Waals surface area (Å²) in [5.74, 6) is 0. The van der Waals surface area contributed by atoms with E-state index in [0.717, 1.165) is 24.5 Å². The number of benzene rings is 1. The highest BCUT2D eigenvalue weighted by Crippen LogP contribution is 2.31. The zero-order valence-electron chi connectivity index (χ0n) is 12.7. The first kappa shape index (κ1) is 15.0. The molecule has 1 heterocycles. The molecule has 1 N–H and O–H groups in total. The summed E-state index contributed by atoms with van der Waals surface area (Å²) in [6.07, 6.45) is 2.06. The molecule has 4 heteroatoms. The van der Waals surface area contributed by atoms with Crippen molar-refractivity contribution >= 4 is 22.2 Å². The van der Waals surface area contributed by atoms with Crippen LogP contribution in [-0.4, -0.2) is 19.1 Å². The van der Waals surface area contributed by atoms with Gasteiger partial charge in [0.25, 0.3) is 0 Å². The molecule has 0 spiro atoms. The molecule has 0 fully saturated rings. The number of hydrogen-bond acceptors (Lipinski definition) is 4. The minimum atomic E-state index is 0.892. The van der Waals surface area contributed by atoms with E-state index in [1.54, 1.807) is 11.3 Å². The molecule has 0 aliphatic heterocycles. The van der Waals surface area contributed by atoms with Gasteiger partial charge in [-0.15, -0.1) is 0 Å². The van der Waals surface area contributed by atoms with Crippen molar-refractivity contribution in [1.82, 2.24) is 10.3 Å². The number of nitrogens with one attached hydrogen (secondary N) is 1. The van der Waals surface area contributed by atoms with Gasteiger partial charge in [-0.25, -0.2) is 4.98 Å². The van der Waals surface area contributed by atoms with Crippen molar-refractivity contribution in [2.75, 3.05) is 19.0 Å². The largest absolute Gasteiger partial charge is 0.321 e. The van der Waals surface area contributed by atoms with E-state index < -0.39 is 0 Å². The Morgan fingerprint density at radius 2 is 1.85 bits per heavy atom. The molecule has 0 radical (unpaired) electrons. The van der Waals surface area contributed by atoms with Crippen LogP contribution in [-0.2, 0) is 19.4 Å². The van der Waals surface area contributed by atoms with Crippen molar-refractivity contribution in [2.24, 2.45) is 0 Å². The van der Waals surface area contributed by atoms with Gasteiger partial charge in [0.1, 0.15) is 0 Å². The molecule has 108 valence electrons. The summed E-state index contributed by atoms with van der Waals surface area (Å²) >= 11 is 1.77. The first-order chi connectivity index (χ1) is 9.69. The van der Waals surface area contributed by atoms with Crippen molar-refractivity contribution in [1.29, 1.82) is 0 Å². The van der Waals surface area contributed by atoms with Gasteiger partial charge in [0.05, 0.1) is 5.69 Å². The fourth-order valence-electron chi connectivity index (χ4n) is 2.15. The maximum Gasteiger partial charge on any atom is 0.190 e. The van der Waals surface area contributed by atoms with E-state index in [9.17, 15) is 0 Å². The molecule has 0 aliphatic rings. The smallest absolute Gasteiger partial charge is 0.190 e. The van der Waals surface area contributed by atoms with Crippen LogP contribution >= 0.6 is 11.3 Å². The Bertz CT molecular complexity index is 545. The number of hydrogen-bond donors (Lipinski definition) is 1. The predicted molar refractivity (Wildman–Crippen MR) is 88.1 cm³/mol. The molecule has 0 aliphatic carbocycles. The zero-order valence-corrected chi connectivity index (χ0v) is 13.5. The summed E-state index contributed by atoms with van der Waals surface area (Å²) < 4.78 is 0. The molecule has 1 aromatic carbocycles.